The van der Waals surface area contributed by atoms with Gasteiger partial charge in [-0.05, 0) is 34.7 Å². The molecule has 0 aliphatic rings. The van der Waals surface area contributed by atoms with Gasteiger partial charge in [-0.25, -0.2) is 13.8 Å². The van der Waals surface area contributed by atoms with Crippen LogP contribution in [-0.2, 0) is 0 Å². The molecule has 0 radical (unpaired) electrons. The van der Waals surface area contributed by atoms with Gasteiger partial charge < -0.3 is 0 Å². The summed E-state index contributed by atoms with van der Waals surface area (Å²) in [5, 5.41) is 0.498. The molecule has 0 spiro atoms. The van der Waals surface area contributed by atoms with Crippen molar-refractivity contribution >= 4 is 45.1 Å². The van der Waals surface area contributed by atoms with Crippen molar-refractivity contribution in [1.29, 1.82) is 0 Å². The predicted octanol–water partition coefficient (Wildman–Crippen LogP) is 3.77. The molecule has 14 heavy (non-hydrogen) atoms. The fourth-order valence-corrected chi connectivity index (χ4v) is 1.75. The Morgan fingerprint density at radius 3 is 2.71 bits per heavy atom. The third-order valence-corrected chi connectivity index (χ3v) is 2.99. The Kier molecular flexibility index (Phi) is 2.57. The second-order valence-electron chi connectivity index (χ2n) is 2.69. The quantitative estimate of drug-likeness (QED) is 0.408. The Balaban J connectivity index is 2.91. The molecule has 0 N–H and O–H groups in total. The minimum atomic E-state index is -0.620. The Hall–Kier alpha value is -0.490. The molecule has 2 aromatic rings. The van der Waals surface area contributed by atoms with Crippen molar-refractivity contribution in [1.82, 2.24) is 4.98 Å². The van der Waals surface area contributed by atoms with Gasteiger partial charge in [0.1, 0.15) is 16.8 Å². The highest BCUT2D eigenvalue weighted by molar-refractivity contribution is 14.1. The van der Waals surface area contributed by atoms with Crippen molar-refractivity contribution in [3.05, 3.63) is 38.6 Å². The van der Waals surface area contributed by atoms with Gasteiger partial charge in [0.25, 0.3) is 0 Å². The highest BCUT2D eigenvalue weighted by Crippen LogP contribution is 2.25. The molecule has 0 amide bonds. The van der Waals surface area contributed by atoms with Gasteiger partial charge in [-0.15, -0.1) is 0 Å². The molecule has 5 heteroatoms. The molecule has 0 fully saturated rings. The number of aromatic nitrogens is 1. The van der Waals surface area contributed by atoms with Crippen molar-refractivity contribution in [2.24, 2.45) is 0 Å². The van der Waals surface area contributed by atoms with Crippen LogP contribution >= 0.6 is 34.2 Å². The van der Waals surface area contributed by atoms with Crippen LogP contribution in [0.25, 0.3) is 10.9 Å². The topological polar surface area (TPSA) is 12.9 Å². The number of pyridine rings is 1. The minimum Gasteiger partial charge on any atom is -0.236 e. The van der Waals surface area contributed by atoms with E-state index in [0.717, 1.165) is 0 Å². The number of halogens is 4. The first-order chi connectivity index (χ1) is 6.59. The predicted molar refractivity (Wildman–Crippen MR) is 59.4 cm³/mol. The molecule has 0 unspecified atom stereocenters. The van der Waals surface area contributed by atoms with Gasteiger partial charge >= 0.3 is 0 Å². The van der Waals surface area contributed by atoms with Gasteiger partial charge in [-0.1, -0.05) is 11.6 Å². The first-order valence-electron chi connectivity index (χ1n) is 3.69. The van der Waals surface area contributed by atoms with Crippen molar-refractivity contribution in [3.8, 4) is 0 Å². The zero-order valence-corrected chi connectivity index (χ0v) is 9.60. The SMILES string of the molecule is Fc1cc2nc(Cl)ccc2c(F)c1I. The van der Waals surface area contributed by atoms with Crippen molar-refractivity contribution < 1.29 is 8.78 Å². The van der Waals surface area contributed by atoms with Crippen LogP contribution in [0.5, 0.6) is 0 Å². The monoisotopic (exact) mass is 325 g/mol. The van der Waals surface area contributed by atoms with E-state index in [9.17, 15) is 8.78 Å². The lowest BCUT2D eigenvalue weighted by Gasteiger charge is -2.02. The van der Waals surface area contributed by atoms with Crippen LogP contribution in [0, 0.1) is 15.2 Å². The molecule has 1 nitrogen and oxygen atoms in total. The summed E-state index contributed by atoms with van der Waals surface area (Å²) < 4.78 is 26.5. The van der Waals surface area contributed by atoms with Gasteiger partial charge in [0.15, 0.2) is 0 Å². The van der Waals surface area contributed by atoms with E-state index in [-0.39, 0.29) is 19.6 Å². The second-order valence-corrected chi connectivity index (χ2v) is 4.15. The minimum absolute atomic E-state index is 0.0285. The summed E-state index contributed by atoms with van der Waals surface area (Å²) in [4.78, 5) is 3.82. The summed E-state index contributed by atoms with van der Waals surface area (Å²) in [7, 11) is 0. The Morgan fingerprint density at radius 2 is 2.00 bits per heavy atom. The third-order valence-electron chi connectivity index (χ3n) is 1.79. The van der Waals surface area contributed by atoms with E-state index < -0.39 is 11.6 Å². The maximum absolute atomic E-state index is 13.5. The lowest BCUT2D eigenvalue weighted by molar-refractivity contribution is 0.579. The summed E-state index contributed by atoms with van der Waals surface area (Å²) in [5.41, 5.74) is 0.230. The summed E-state index contributed by atoms with van der Waals surface area (Å²) in [6.07, 6.45) is 0. The molecule has 0 aliphatic heterocycles. The van der Waals surface area contributed by atoms with E-state index in [4.69, 9.17) is 11.6 Å². The number of hydrogen-bond donors (Lipinski definition) is 0. The van der Waals surface area contributed by atoms with Crippen molar-refractivity contribution in [3.63, 3.8) is 0 Å². The maximum Gasteiger partial charge on any atom is 0.148 e. The van der Waals surface area contributed by atoms with E-state index in [0.29, 0.717) is 0 Å². The number of fused-ring (bicyclic) bond motifs is 1. The molecule has 0 atom stereocenters. The van der Waals surface area contributed by atoms with Crippen LogP contribution in [0.3, 0.4) is 0 Å². The van der Waals surface area contributed by atoms with E-state index in [1.165, 1.54) is 18.2 Å². The summed E-state index contributed by atoms with van der Waals surface area (Å²) in [5.74, 6) is -1.21. The zero-order valence-electron chi connectivity index (χ0n) is 6.69. The number of rotatable bonds is 0. The Bertz CT molecular complexity index is 516. The molecule has 0 bridgehead atoms. The summed E-state index contributed by atoms with van der Waals surface area (Å²) in [6, 6.07) is 4.13. The lowest BCUT2D eigenvalue weighted by Crippen LogP contribution is -1.92. The fourth-order valence-electron chi connectivity index (χ4n) is 1.15. The highest BCUT2D eigenvalue weighted by Gasteiger charge is 2.11. The average molecular weight is 325 g/mol. The highest BCUT2D eigenvalue weighted by atomic mass is 127. The molecule has 72 valence electrons. The normalized spacial score (nSPS) is 10.9. The average Bonchev–Trinajstić information content (AvgIpc) is 2.14. The molecule has 0 saturated heterocycles. The Labute approximate surface area is 97.2 Å². The number of nitrogens with zero attached hydrogens (tertiary/aromatic N) is 1. The smallest absolute Gasteiger partial charge is 0.148 e. The van der Waals surface area contributed by atoms with Crippen LogP contribution < -0.4 is 0 Å². The molecule has 1 aromatic carbocycles. The van der Waals surface area contributed by atoms with Crippen LogP contribution in [0.15, 0.2) is 18.2 Å². The van der Waals surface area contributed by atoms with Gasteiger partial charge in [0.05, 0.1) is 9.09 Å². The van der Waals surface area contributed by atoms with Gasteiger partial charge in [0.2, 0.25) is 0 Å². The van der Waals surface area contributed by atoms with Gasteiger partial charge in [0, 0.05) is 11.5 Å². The molecule has 0 saturated carbocycles. The van der Waals surface area contributed by atoms with Gasteiger partial charge in [-0.2, -0.15) is 0 Å². The Morgan fingerprint density at radius 1 is 1.29 bits per heavy atom. The molecule has 2 rings (SSSR count). The van der Waals surface area contributed by atoms with E-state index >= 15 is 0 Å². The summed E-state index contributed by atoms with van der Waals surface area (Å²) in [6.45, 7) is 0. The first-order valence-corrected chi connectivity index (χ1v) is 5.15. The van der Waals surface area contributed by atoms with Crippen LogP contribution in [0.4, 0.5) is 8.78 Å². The van der Waals surface area contributed by atoms with Crippen LogP contribution in [0.2, 0.25) is 5.15 Å². The van der Waals surface area contributed by atoms with Crippen molar-refractivity contribution in [2.75, 3.05) is 0 Å². The number of hydrogen-bond acceptors (Lipinski definition) is 1. The van der Waals surface area contributed by atoms with E-state index in [1.807, 2.05) is 0 Å². The molecule has 1 aromatic heterocycles. The fraction of sp³-hybridized carbons (Fsp3) is 0. The lowest BCUT2D eigenvalue weighted by atomic mass is 10.2. The van der Waals surface area contributed by atoms with Gasteiger partial charge in [-0.3, -0.25) is 0 Å². The van der Waals surface area contributed by atoms with E-state index in [2.05, 4.69) is 4.98 Å². The van der Waals surface area contributed by atoms with Crippen LogP contribution in [0.1, 0.15) is 0 Å². The van der Waals surface area contributed by atoms with Crippen molar-refractivity contribution in [2.45, 2.75) is 0 Å². The molecule has 0 aliphatic carbocycles. The molecular weight excluding hydrogens is 322 g/mol. The standard InChI is InChI=1S/C9H3ClF2IN/c10-7-2-1-4-6(14-7)3-5(11)9(13)8(4)12/h1-3H. The molecular formula is C9H3ClF2IN. The number of benzene rings is 1. The first kappa shape index (κ1) is 10.0. The van der Waals surface area contributed by atoms with E-state index in [1.54, 1.807) is 22.6 Å². The third kappa shape index (κ3) is 1.56. The zero-order chi connectivity index (χ0) is 10.3. The second kappa shape index (κ2) is 3.58. The molecule has 1 heterocycles. The summed E-state index contributed by atoms with van der Waals surface area (Å²) >= 11 is 7.22. The van der Waals surface area contributed by atoms with Crippen LogP contribution in [-0.4, -0.2) is 4.98 Å². The maximum atomic E-state index is 13.5. The largest absolute Gasteiger partial charge is 0.236 e.